The van der Waals surface area contributed by atoms with Gasteiger partial charge in [-0.2, -0.15) is 36.9 Å². The van der Waals surface area contributed by atoms with E-state index >= 15 is 0 Å². The summed E-state index contributed by atoms with van der Waals surface area (Å²) in [5, 5.41) is 22.8. The Kier molecular flexibility index (Phi) is 12.0. The molecular weight excluding hydrogens is 953 g/mol. The lowest BCUT2D eigenvalue weighted by Crippen LogP contribution is -2.07. The minimum atomic E-state index is -4.68. The van der Waals surface area contributed by atoms with Crippen LogP contribution in [0.25, 0.3) is 106 Å². The van der Waals surface area contributed by atoms with E-state index < -0.39 is 23.5 Å². The number of alkyl halides is 6. The van der Waals surface area contributed by atoms with Crippen molar-refractivity contribution >= 4 is 21.8 Å². The van der Waals surface area contributed by atoms with E-state index in [1.165, 1.54) is 12.1 Å². The molecule has 0 N–H and O–H groups in total. The van der Waals surface area contributed by atoms with Crippen molar-refractivity contribution in [3.63, 3.8) is 0 Å². The van der Waals surface area contributed by atoms with E-state index in [1.54, 1.807) is 62.4 Å². The first-order chi connectivity index (χ1) is 36.2. The maximum atomic E-state index is 14.9. The van der Waals surface area contributed by atoms with Crippen LogP contribution in [0.2, 0.25) is 0 Å². The zero-order chi connectivity index (χ0) is 52.2. The molecule has 0 radical (unpaired) electrons. The van der Waals surface area contributed by atoms with Crippen LogP contribution in [0.5, 0.6) is 0 Å². The Morgan fingerprint density at radius 3 is 1.45 bits per heavy atom. The largest absolute Gasteiger partial charge is 0.417 e. The summed E-state index contributed by atoms with van der Waals surface area (Å²) in [5.74, 6) is 0.466. The molecule has 11 heteroatoms. The quantitative estimate of drug-likeness (QED) is 0.142. The molecule has 0 bridgehead atoms. The van der Waals surface area contributed by atoms with Crippen molar-refractivity contribution in [3.8, 4) is 96.2 Å². The maximum Gasteiger partial charge on any atom is 0.417 e. The number of halogens is 6. The molecular formula is C64H39F6N5. The molecule has 0 atom stereocenters. The van der Waals surface area contributed by atoms with Gasteiger partial charge >= 0.3 is 12.4 Å². The number of hydrogen-bond acceptors (Lipinski definition) is 4. The van der Waals surface area contributed by atoms with Gasteiger partial charge in [-0.25, -0.2) is 9.97 Å². The molecule has 0 amide bonds. The molecule has 2 aromatic heterocycles. The first kappa shape index (κ1) is 47.7. The number of nitriles is 2. The van der Waals surface area contributed by atoms with Gasteiger partial charge in [0.1, 0.15) is 0 Å². The van der Waals surface area contributed by atoms with E-state index in [9.17, 15) is 36.9 Å². The van der Waals surface area contributed by atoms with Gasteiger partial charge in [-0.05, 0) is 114 Å². The van der Waals surface area contributed by atoms with E-state index in [0.29, 0.717) is 106 Å². The van der Waals surface area contributed by atoms with Crippen LogP contribution in [-0.4, -0.2) is 14.5 Å². The third-order valence-corrected chi connectivity index (χ3v) is 13.6. The van der Waals surface area contributed by atoms with Gasteiger partial charge in [0.15, 0.2) is 5.82 Å². The van der Waals surface area contributed by atoms with Crippen LogP contribution >= 0.6 is 0 Å². The summed E-state index contributed by atoms with van der Waals surface area (Å²) in [6.45, 7) is 3.21. The van der Waals surface area contributed by atoms with Gasteiger partial charge in [0.2, 0.25) is 0 Å². The highest BCUT2D eigenvalue weighted by molar-refractivity contribution is 6.13. The van der Waals surface area contributed by atoms with Gasteiger partial charge in [-0.15, -0.1) is 0 Å². The normalized spacial score (nSPS) is 11.7. The molecule has 75 heavy (non-hydrogen) atoms. The van der Waals surface area contributed by atoms with Crippen LogP contribution in [0.4, 0.5) is 26.3 Å². The molecule has 0 saturated heterocycles. The maximum absolute atomic E-state index is 14.9. The first-order valence-electron chi connectivity index (χ1n) is 23.8. The Morgan fingerprint density at radius 1 is 0.413 bits per heavy atom. The van der Waals surface area contributed by atoms with E-state index in [0.717, 1.165) is 29.3 Å². The molecule has 9 aromatic carbocycles. The Morgan fingerprint density at radius 2 is 0.920 bits per heavy atom. The second kappa shape index (κ2) is 18.8. The number of benzene rings is 9. The molecule has 0 saturated carbocycles. The minimum Gasteiger partial charge on any atom is -0.308 e. The zero-order valence-electron chi connectivity index (χ0n) is 40.1. The monoisotopic (exact) mass is 991 g/mol. The van der Waals surface area contributed by atoms with Crippen LogP contribution in [0.3, 0.4) is 0 Å². The van der Waals surface area contributed by atoms with Crippen molar-refractivity contribution in [1.29, 1.82) is 10.5 Å². The van der Waals surface area contributed by atoms with Gasteiger partial charge in [0, 0.05) is 49.7 Å². The summed E-state index contributed by atoms with van der Waals surface area (Å²) in [4.78, 5) is 10.2. The second-order valence-electron chi connectivity index (χ2n) is 18.3. The van der Waals surface area contributed by atoms with Crippen molar-refractivity contribution in [3.05, 3.63) is 234 Å². The van der Waals surface area contributed by atoms with Crippen LogP contribution in [0.15, 0.2) is 200 Å². The highest BCUT2D eigenvalue weighted by Gasteiger charge is 2.35. The molecule has 362 valence electrons. The number of aromatic nitrogens is 3. The van der Waals surface area contributed by atoms with Crippen molar-refractivity contribution in [2.24, 2.45) is 0 Å². The molecule has 0 aliphatic carbocycles. The van der Waals surface area contributed by atoms with E-state index in [-0.39, 0.29) is 11.1 Å². The average molecular weight is 992 g/mol. The van der Waals surface area contributed by atoms with Crippen molar-refractivity contribution in [2.75, 3.05) is 0 Å². The Labute approximate surface area is 427 Å². The number of hydrogen-bond donors (Lipinski definition) is 0. The number of fused-ring (bicyclic) bond motifs is 3. The average Bonchev–Trinajstić information content (AvgIpc) is 3.80. The predicted octanol–water partition coefficient (Wildman–Crippen LogP) is 17.6. The summed E-state index contributed by atoms with van der Waals surface area (Å²) in [5.41, 5.74) is 8.66. The minimum absolute atomic E-state index is 0.0307. The fourth-order valence-corrected chi connectivity index (χ4v) is 10.0. The SMILES string of the molecule is Cc1ccc(-c2ccc3c(c2)c2cc(-c4ccc(C(F)(F)F)cc4C)ccc2n3-c2c(-c3ccccc3C#N)cc(-c3cc(-c4ccccc4)nc(-c4ccccc4)n3)cc2-c2ccccc2C#N)c(C(F)(F)F)c1. The third kappa shape index (κ3) is 8.85. The standard InChI is InChI=1S/C64H39F6N5/c1-38-21-25-51(56(29-38)64(68,69)70)43-23-28-60-53(32-43)52-31-42(48-26-24-47(30-39(48)2)63(65,66)67)22-27-59(52)75(60)61-54(49-19-11-9-17-44(49)36-71)33-46(34-55(61)50-20-12-10-18-45(50)37-72)58-35-57(40-13-5-3-6-14-40)73-62(74-58)41-15-7-4-8-16-41/h3-35H,1-2H3. The first-order valence-corrected chi connectivity index (χ1v) is 23.8. The van der Waals surface area contributed by atoms with E-state index in [1.807, 2.05) is 126 Å². The summed E-state index contributed by atoms with van der Waals surface area (Å²) in [7, 11) is 0. The lowest BCUT2D eigenvalue weighted by Gasteiger charge is -2.22. The molecule has 2 heterocycles. The number of aryl methyl sites for hydroxylation is 2. The molecule has 5 nitrogen and oxygen atoms in total. The third-order valence-electron chi connectivity index (χ3n) is 13.6. The molecule has 0 aliphatic heterocycles. The fourth-order valence-electron chi connectivity index (χ4n) is 10.0. The topological polar surface area (TPSA) is 78.3 Å². The molecule has 0 unspecified atom stereocenters. The lowest BCUT2D eigenvalue weighted by molar-refractivity contribution is -0.138. The molecule has 11 rings (SSSR count). The van der Waals surface area contributed by atoms with Crippen LogP contribution in [0.1, 0.15) is 33.4 Å². The zero-order valence-corrected chi connectivity index (χ0v) is 40.1. The molecule has 11 aromatic rings. The van der Waals surface area contributed by atoms with E-state index in [4.69, 9.17) is 9.97 Å². The second-order valence-corrected chi connectivity index (χ2v) is 18.3. The van der Waals surface area contributed by atoms with Crippen molar-refractivity contribution in [2.45, 2.75) is 26.2 Å². The van der Waals surface area contributed by atoms with Gasteiger partial charge in [0.05, 0.1) is 62.5 Å². The highest BCUT2D eigenvalue weighted by Crippen LogP contribution is 2.48. The predicted molar refractivity (Wildman–Crippen MR) is 283 cm³/mol. The summed E-state index contributed by atoms with van der Waals surface area (Å²) in [6.07, 6.45) is -9.25. The number of rotatable bonds is 8. The highest BCUT2D eigenvalue weighted by atomic mass is 19.4. The Balaban J connectivity index is 1.28. The lowest BCUT2D eigenvalue weighted by atomic mass is 9.88. The summed E-state index contributed by atoms with van der Waals surface area (Å²) in [6, 6.07) is 62.7. The van der Waals surface area contributed by atoms with Gasteiger partial charge in [-0.3, -0.25) is 0 Å². The summed E-state index contributed by atoms with van der Waals surface area (Å²) < 4.78 is 88.4. The van der Waals surface area contributed by atoms with Crippen LogP contribution in [-0.2, 0) is 12.4 Å². The van der Waals surface area contributed by atoms with Crippen LogP contribution < -0.4 is 0 Å². The van der Waals surface area contributed by atoms with Crippen molar-refractivity contribution < 1.29 is 26.3 Å². The molecule has 0 fully saturated rings. The van der Waals surface area contributed by atoms with Crippen molar-refractivity contribution in [1.82, 2.24) is 14.5 Å². The Hall–Kier alpha value is -9.58. The number of nitrogens with zero attached hydrogens (tertiary/aromatic N) is 5. The Bertz CT molecular complexity index is 4010. The van der Waals surface area contributed by atoms with E-state index in [2.05, 4.69) is 12.1 Å². The van der Waals surface area contributed by atoms with Crippen LogP contribution in [0, 0.1) is 36.5 Å². The smallest absolute Gasteiger partial charge is 0.308 e. The van der Waals surface area contributed by atoms with Gasteiger partial charge < -0.3 is 4.57 Å². The molecule has 0 aliphatic rings. The van der Waals surface area contributed by atoms with Gasteiger partial charge in [-0.1, -0.05) is 133 Å². The molecule has 0 spiro atoms. The fraction of sp³-hybridized carbons (Fsp3) is 0.0625. The summed E-state index contributed by atoms with van der Waals surface area (Å²) >= 11 is 0. The van der Waals surface area contributed by atoms with Gasteiger partial charge in [0.25, 0.3) is 0 Å².